The number of imidazole rings is 1. The predicted molar refractivity (Wildman–Crippen MR) is 129 cm³/mol. The fraction of sp³-hybridized carbons (Fsp3) is 0.423. The Morgan fingerprint density at radius 3 is 2.24 bits per heavy atom. The number of nitrogens with zero attached hydrogens (tertiary/aromatic N) is 4. The number of benzene rings is 2. The number of piperidine rings is 2. The van der Waals surface area contributed by atoms with Crippen molar-refractivity contribution >= 4 is 28.8 Å². The van der Waals surface area contributed by atoms with Gasteiger partial charge in [-0.25, -0.2) is 9.37 Å². The number of anilines is 1. The van der Waals surface area contributed by atoms with Crippen LogP contribution in [0.5, 0.6) is 0 Å². The molecule has 1 aromatic heterocycles. The lowest BCUT2D eigenvalue weighted by atomic mass is 9.92. The van der Waals surface area contributed by atoms with Crippen molar-refractivity contribution in [3.63, 3.8) is 0 Å². The van der Waals surface area contributed by atoms with Crippen molar-refractivity contribution in [2.24, 2.45) is 17.6 Å². The summed E-state index contributed by atoms with van der Waals surface area (Å²) in [5.41, 5.74) is 8.40. The maximum Gasteiger partial charge on any atom is 0.225 e. The molecule has 0 unspecified atom stereocenters. The van der Waals surface area contributed by atoms with Crippen LogP contribution in [-0.4, -0.2) is 52.4 Å². The number of rotatable bonds is 5. The number of amides is 2. The predicted octanol–water partition coefficient (Wildman–Crippen LogP) is 3.16. The molecule has 7 nitrogen and oxygen atoms in total. The molecule has 0 aliphatic carbocycles. The molecule has 2 aliphatic rings. The van der Waals surface area contributed by atoms with Gasteiger partial charge >= 0.3 is 0 Å². The summed E-state index contributed by atoms with van der Waals surface area (Å²) in [7, 11) is 0. The number of para-hydroxylation sites is 2. The zero-order chi connectivity index (χ0) is 23.7. The number of primary amides is 1. The summed E-state index contributed by atoms with van der Waals surface area (Å²) >= 11 is 0. The summed E-state index contributed by atoms with van der Waals surface area (Å²) in [5.74, 6) is 0.464. The second-order valence-corrected chi connectivity index (χ2v) is 9.38. The van der Waals surface area contributed by atoms with Gasteiger partial charge in [0.25, 0.3) is 0 Å². The lowest BCUT2D eigenvalue weighted by molar-refractivity contribution is -0.139. The van der Waals surface area contributed by atoms with Crippen molar-refractivity contribution in [1.29, 1.82) is 0 Å². The minimum Gasteiger partial charge on any atom is -0.369 e. The van der Waals surface area contributed by atoms with Crippen LogP contribution >= 0.6 is 0 Å². The van der Waals surface area contributed by atoms with Gasteiger partial charge in [0.2, 0.25) is 17.8 Å². The van der Waals surface area contributed by atoms with Crippen LogP contribution in [0.25, 0.3) is 11.0 Å². The van der Waals surface area contributed by atoms with Crippen LogP contribution in [0, 0.1) is 17.7 Å². The van der Waals surface area contributed by atoms with E-state index in [0.717, 1.165) is 48.5 Å². The molecule has 2 aliphatic heterocycles. The molecule has 178 valence electrons. The Morgan fingerprint density at radius 2 is 1.56 bits per heavy atom. The maximum atomic E-state index is 13.4. The molecule has 0 atom stereocenters. The van der Waals surface area contributed by atoms with E-state index < -0.39 is 0 Å². The average Bonchev–Trinajstić information content (AvgIpc) is 3.23. The molecule has 2 N–H and O–H groups in total. The van der Waals surface area contributed by atoms with Crippen LogP contribution in [0.3, 0.4) is 0 Å². The quantitative estimate of drug-likeness (QED) is 0.630. The molecule has 3 aromatic rings. The van der Waals surface area contributed by atoms with Gasteiger partial charge in [-0.15, -0.1) is 0 Å². The van der Waals surface area contributed by atoms with Gasteiger partial charge in [0.1, 0.15) is 5.82 Å². The number of hydrogen-bond donors (Lipinski definition) is 1. The van der Waals surface area contributed by atoms with E-state index in [1.807, 2.05) is 23.1 Å². The number of nitrogens with two attached hydrogens (primary N) is 1. The molecule has 2 fully saturated rings. The molecule has 3 heterocycles. The van der Waals surface area contributed by atoms with Crippen molar-refractivity contribution in [3.8, 4) is 0 Å². The van der Waals surface area contributed by atoms with Gasteiger partial charge < -0.3 is 20.1 Å². The van der Waals surface area contributed by atoms with Crippen molar-refractivity contribution in [1.82, 2.24) is 14.5 Å². The summed E-state index contributed by atoms with van der Waals surface area (Å²) in [6, 6.07) is 14.6. The van der Waals surface area contributed by atoms with Crippen LogP contribution in [0.4, 0.5) is 10.3 Å². The minimum absolute atomic E-state index is 0.00342. The monoisotopic (exact) mass is 463 g/mol. The molecule has 0 radical (unpaired) electrons. The van der Waals surface area contributed by atoms with Gasteiger partial charge in [-0.2, -0.15) is 0 Å². The first-order valence-corrected chi connectivity index (χ1v) is 12.0. The van der Waals surface area contributed by atoms with Gasteiger partial charge in [-0.3, -0.25) is 9.59 Å². The Balaban J connectivity index is 1.29. The maximum absolute atomic E-state index is 13.4. The highest BCUT2D eigenvalue weighted by atomic mass is 19.1. The van der Waals surface area contributed by atoms with Gasteiger partial charge in [-0.05, 0) is 55.5 Å². The molecular weight excluding hydrogens is 433 g/mol. The van der Waals surface area contributed by atoms with Crippen LogP contribution in [0.15, 0.2) is 48.5 Å². The van der Waals surface area contributed by atoms with Gasteiger partial charge in [-0.1, -0.05) is 24.3 Å². The minimum atomic E-state index is -0.260. The van der Waals surface area contributed by atoms with Crippen molar-refractivity contribution in [2.75, 3.05) is 31.1 Å². The summed E-state index contributed by atoms with van der Waals surface area (Å²) < 4.78 is 15.6. The Labute approximate surface area is 198 Å². The number of halogens is 1. The zero-order valence-corrected chi connectivity index (χ0v) is 19.2. The SMILES string of the molecule is NC(=O)C1CCN(C(=O)C2CCN(c3nc4ccccc4n3Cc3ccc(F)cc3)CC2)CC1. The van der Waals surface area contributed by atoms with Crippen LogP contribution < -0.4 is 10.6 Å². The van der Waals surface area contributed by atoms with E-state index in [9.17, 15) is 14.0 Å². The lowest BCUT2D eigenvalue weighted by Gasteiger charge is -2.37. The second-order valence-electron chi connectivity index (χ2n) is 9.38. The first-order valence-electron chi connectivity index (χ1n) is 12.0. The second kappa shape index (κ2) is 9.44. The summed E-state index contributed by atoms with van der Waals surface area (Å²) in [6.45, 7) is 3.33. The highest BCUT2D eigenvalue weighted by molar-refractivity contribution is 5.81. The van der Waals surface area contributed by atoms with Crippen molar-refractivity contribution in [3.05, 3.63) is 59.9 Å². The molecular formula is C26H30FN5O2. The van der Waals surface area contributed by atoms with E-state index in [1.54, 1.807) is 12.1 Å². The molecule has 0 spiro atoms. The third-order valence-electron chi connectivity index (χ3n) is 7.22. The third kappa shape index (κ3) is 4.49. The van der Waals surface area contributed by atoms with Crippen LogP contribution in [-0.2, 0) is 16.1 Å². The van der Waals surface area contributed by atoms with Crippen molar-refractivity contribution in [2.45, 2.75) is 32.2 Å². The van der Waals surface area contributed by atoms with E-state index in [-0.39, 0.29) is 29.5 Å². The smallest absolute Gasteiger partial charge is 0.225 e. The fourth-order valence-corrected chi connectivity index (χ4v) is 5.20. The summed E-state index contributed by atoms with van der Waals surface area (Å²) in [4.78, 5) is 33.6. The number of aromatic nitrogens is 2. The van der Waals surface area contributed by atoms with E-state index in [0.29, 0.717) is 32.5 Å². The molecule has 2 saturated heterocycles. The van der Waals surface area contributed by atoms with Crippen LogP contribution in [0.2, 0.25) is 0 Å². The average molecular weight is 464 g/mol. The Morgan fingerprint density at radius 1 is 0.912 bits per heavy atom. The Bertz CT molecular complexity index is 1180. The molecule has 0 saturated carbocycles. The van der Waals surface area contributed by atoms with Crippen LogP contribution in [0.1, 0.15) is 31.2 Å². The highest BCUT2D eigenvalue weighted by Crippen LogP contribution is 2.29. The molecule has 2 aromatic carbocycles. The van der Waals surface area contributed by atoms with Gasteiger partial charge in [0.15, 0.2) is 0 Å². The highest BCUT2D eigenvalue weighted by Gasteiger charge is 2.33. The van der Waals surface area contributed by atoms with E-state index in [2.05, 4.69) is 15.5 Å². The van der Waals surface area contributed by atoms with E-state index in [1.165, 1.54) is 12.1 Å². The normalized spacial score (nSPS) is 17.9. The number of carbonyl (C=O) groups is 2. The standard InChI is InChI=1S/C26H30FN5O2/c27-21-7-5-18(6-8-21)17-32-23-4-2-1-3-22(23)29-26(32)31-15-11-20(12-16-31)25(34)30-13-9-19(10-14-30)24(28)33/h1-8,19-20H,9-17H2,(H2,28,33). The Kier molecular flexibility index (Phi) is 6.22. The lowest BCUT2D eigenvalue weighted by Crippen LogP contribution is -2.47. The van der Waals surface area contributed by atoms with Gasteiger partial charge in [0.05, 0.1) is 17.6 Å². The number of fused-ring (bicyclic) bond motifs is 1. The van der Waals surface area contributed by atoms with Gasteiger partial charge in [0, 0.05) is 38.0 Å². The molecule has 34 heavy (non-hydrogen) atoms. The summed E-state index contributed by atoms with van der Waals surface area (Å²) in [5, 5.41) is 0. The van der Waals surface area contributed by atoms with E-state index >= 15 is 0 Å². The Hall–Kier alpha value is -3.42. The number of likely N-dealkylation sites (tertiary alicyclic amines) is 1. The molecule has 2 amide bonds. The first-order chi connectivity index (χ1) is 16.5. The third-order valence-corrected chi connectivity index (χ3v) is 7.22. The summed E-state index contributed by atoms with van der Waals surface area (Å²) in [6.07, 6.45) is 2.86. The molecule has 8 heteroatoms. The zero-order valence-electron chi connectivity index (χ0n) is 19.2. The fourth-order valence-electron chi connectivity index (χ4n) is 5.20. The molecule has 5 rings (SSSR count). The van der Waals surface area contributed by atoms with E-state index in [4.69, 9.17) is 10.7 Å². The molecule has 0 bridgehead atoms. The number of hydrogen-bond acceptors (Lipinski definition) is 4. The van der Waals surface area contributed by atoms with Crippen molar-refractivity contribution < 1.29 is 14.0 Å². The largest absolute Gasteiger partial charge is 0.369 e. The number of carbonyl (C=O) groups excluding carboxylic acids is 2. The first kappa shape index (κ1) is 22.4. The topological polar surface area (TPSA) is 84.5 Å².